The molecule has 0 saturated carbocycles. The monoisotopic (exact) mass is 417 g/mol. The lowest BCUT2D eigenvalue weighted by Crippen LogP contribution is -2.14. The molecular weight excluding hydrogens is 394 g/mol. The highest BCUT2D eigenvalue weighted by atomic mass is 32.2. The molecule has 1 N–H and O–H groups in total. The summed E-state index contributed by atoms with van der Waals surface area (Å²) in [6.07, 6.45) is 0.775. The van der Waals surface area contributed by atoms with Crippen LogP contribution in [0, 0.1) is 0 Å². The fraction of sp³-hybridized carbons (Fsp3) is 0.208. The average molecular weight is 418 g/mol. The molecule has 0 radical (unpaired) electrons. The van der Waals surface area contributed by atoms with Crippen LogP contribution in [-0.4, -0.2) is 21.4 Å². The molecule has 4 rings (SSSR count). The van der Waals surface area contributed by atoms with Crippen LogP contribution in [0.1, 0.15) is 30.9 Å². The Bertz CT molecular complexity index is 1150. The Kier molecular flexibility index (Phi) is 6.14. The van der Waals surface area contributed by atoms with Crippen molar-refractivity contribution in [1.29, 1.82) is 0 Å². The number of nitrogens with zero attached hydrogens (tertiary/aromatic N) is 2. The Morgan fingerprint density at radius 2 is 1.70 bits per heavy atom. The van der Waals surface area contributed by atoms with Gasteiger partial charge in [-0.05, 0) is 34.0 Å². The zero-order chi connectivity index (χ0) is 20.9. The molecule has 4 aromatic rings. The first kappa shape index (κ1) is 20.2. The van der Waals surface area contributed by atoms with E-state index in [2.05, 4.69) is 59.7 Å². The Morgan fingerprint density at radius 3 is 2.47 bits per heavy atom. The van der Waals surface area contributed by atoms with Crippen LogP contribution in [0.4, 0.5) is 6.01 Å². The Labute approximate surface area is 179 Å². The zero-order valence-electron chi connectivity index (χ0n) is 17.0. The van der Waals surface area contributed by atoms with Gasteiger partial charge in [-0.3, -0.25) is 10.1 Å². The molecule has 1 aromatic heterocycles. The number of hydrogen-bond donors (Lipinski definition) is 1. The SMILES string of the molecule is CC(C)Sc1ccc(Cc2nnc(NC(=O)Cc3ccc4ccccc4c3)o2)cc1. The number of carbonyl (C=O) groups is 1. The maximum Gasteiger partial charge on any atom is 0.322 e. The van der Waals surface area contributed by atoms with Crippen LogP contribution in [0.5, 0.6) is 0 Å². The molecule has 0 fully saturated rings. The van der Waals surface area contributed by atoms with Crippen molar-refractivity contribution in [3.05, 3.63) is 83.7 Å². The van der Waals surface area contributed by atoms with Gasteiger partial charge in [0.15, 0.2) is 0 Å². The topological polar surface area (TPSA) is 68.0 Å². The number of aromatic nitrogens is 2. The quantitative estimate of drug-likeness (QED) is 0.402. The molecule has 5 nitrogen and oxygen atoms in total. The molecule has 152 valence electrons. The molecule has 0 unspecified atom stereocenters. The summed E-state index contributed by atoms with van der Waals surface area (Å²) in [6.45, 7) is 4.35. The largest absolute Gasteiger partial charge is 0.407 e. The number of rotatable bonds is 7. The first-order valence-electron chi connectivity index (χ1n) is 9.91. The Morgan fingerprint density at radius 1 is 0.967 bits per heavy atom. The highest BCUT2D eigenvalue weighted by molar-refractivity contribution is 7.99. The molecule has 1 heterocycles. The first-order chi connectivity index (χ1) is 14.5. The molecule has 0 saturated heterocycles. The van der Waals surface area contributed by atoms with Crippen molar-refractivity contribution < 1.29 is 9.21 Å². The molecule has 0 aliphatic heterocycles. The lowest BCUT2D eigenvalue weighted by atomic mass is 10.1. The van der Waals surface area contributed by atoms with Crippen molar-refractivity contribution in [3.63, 3.8) is 0 Å². The van der Waals surface area contributed by atoms with Crippen LogP contribution in [0.2, 0.25) is 0 Å². The van der Waals surface area contributed by atoms with Gasteiger partial charge >= 0.3 is 6.01 Å². The van der Waals surface area contributed by atoms with Crippen molar-refractivity contribution in [2.45, 2.75) is 36.8 Å². The summed E-state index contributed by atoms with van der Waals surface area (Å²) in [5.41, 5.74) is 2.02. The number of nitrogens with one attached hydrogen (secondary N) is 1. The molecular formula is C24H23N3O2S. The van der Waals surface area contributed by atoms with Crippen LogP contribution in [-0.2, 0) is 17.6 Å². The van der Waals surface area contributed by atoms with E-state index in [0.29, 0.717) is 17.6 Å². The van der Waals surface area contributed by atoms with Gasteiger partial charge in [-0.15, -0.1) is 16.9 Å². The van der Waals surface area contributed by atoms with Crippen LogP contribution in [0.3, 0.4) is 0 Å². The summed E-state index contributed by atoms with van der Waals surface area (Å²) < 4.78 is 5.60. The maximum absolute atomic E-state index is 12.4. The summed E-state index contributed by atoms with van der Waals surface area (Å²) in [5.74, 6) is 0.288. The Balaban J connectivity index is 1.34. The normalized spacial score (nSPS) is 11.2. The number of hydrogen-bond acceptors (Lipinski definition) is 5. The van der Waals surface area contributed by atoms with Gasteiger partial charge in [0.2, 0.25) is 11.8 Å². The molecule has 0 aliphatic rings. The zero-order valence-corrected chi connectivity index (χ0v) is 17.8. The third-order valence-electron chi connectivity index (χ3n) is 4.54. The molecule has 30 heavy (non-hydrogen) atoms. The predicted molar refractivity (Wildman–Crippen MR) is 121 cm³/mol. The summed E-state index contributed by atoms with van der Waals surface area (Å²) in [7, 11) is 0. The van der Waals surface area contributed by atoms with E-state index in [1.165, 1.54) is 4.90 Å². The number of amides is 1. The molecule has 1 amide bonds. The molecule has 3 aromatic carbocycles. The van der Waals surface area contributed by atoms with Crippen LogP contribution in [0.25, 0.3) is 10.8 Å². The summed E-state index contributed by atoms with van der Waals surface area (Å²) >= 11 is 1.83. The molecule has 6 heteroatoms. The van der Waals surface area contributed by atoms with E-state index in [0.717, 1.165) is 21.9 Å². The van der Waals surface area contributed by atoms with Gasteiger partial charge in [0, 0.05) is 10.1 Å². The Hall–Kier alpha value is -3.12. The second-order valence-corrected chi connectivity index (χ2v) is 9.04. The standard InChI is InChI=1S/C24H23N3O2S/c1-16(2)30-21-11-8-17(9-12-21)15-23-26-27-24(29-23)25-22(28)14-18-7-10-19-5-3-4-6-20(19)13-18/h3-13,16H,14-15H2,1-2H3,(H,25,27,28). The van der Waals surface area contributed by atoms with Crippen molar-refractivity contribution in [3.8, 4) is 0 Å². The van der Waals surface area contributed by atoms with Gasteiger partial charge in [-0.1, -0.05) is 73.5 Å². The minimum Gasteiger partial charge on any atom is -0.407 e. The van der Waals surface area contributed by atoms with Gasteiger partial charge in [0.05, 0.1) is 12.8 Å². The van der Waals surface area contributed by atoms with Gasteiger partial charge < -0.3 is 4.42 Å². The number of fused-ring (bicyclic) bond motifs is 1. The predicted octanol–water partition coefficient (Wildman–Crippen LogP) is 5.50. The van der Waals surface area contributed by atoms with E-state index >= 15 is 0 Å². The number of benzene rings is 3. The van der Waals surface area contributed by atoms with E-state index in [4.69, 9.17) is 4.42 Å². The highest BCUT2D eigenvalue weighted by Gasteiger charge is 2.11. The second-order valence-electron chi connectivity index (χ2n) is 7.39. The molecule has 0 atom stereocenters. The van der Waals surface area contributed by atoms with Crippen molar-refractivity contribution in [2.75, 3.05) is 5.32 Å². The second kappa shape index (κ2) is 9.13. The summed E-state index contributed by atoms with van der Waals surface area (Å²) in [5, 5.41) is 13.5. The number of thioether (sulfide) groups is 1. The smallest absolute Gasteiger partial charge is 0.322 e. The van der Waals surface area contributed by atoms with Crippen LogP contribution in [0.15, 0.2) is 76.0 Å². The number of anilines is 1. The lowest BCUT2D eigenvalue weighted by molar-refractivity contribution is -0.115. The fourth-order valence-corrected chi connectivity index (χ4v) is 4.04. The van der Waals surface area contributed by atoms with Crippen molar-refractivity contribution in [1.82, 2.24) is 10.2 Å². The molecule has 0 spiro atoms. The van der Waals surface area contributed by atoms with Gasteiger partial charge in [-0.25, -0.2) is 0 Å². The highest BCUT2D eigenvalue weighted by Crippen LogP contribution is 2.23. The van der Waals surface area contributed by atoms with E-state index < -0.39 is 0 Å². The van der Waals surface area contributed by atoms with E-state index in [1.54, 1.807) is 0 Å². The molecule has 0 bridgehead atoms. The summed E-state index contributed by atoms with van der Waals surface area (Å²) in [4.78, 5) is 13.6. The fourth-order valence-electron chi connectivity index (χ4n) is 3.21. The first-order valence-corrected chi connectivity index (χ1v) is 10.8. The third-order valence-corrected chi connectivity index (χ3v) is 5.56. The van der Waals surface area contributed by atoms with E-state index in [-0.39, 0.29) is 18.3 Å². The summed E-state index contributed by atoms with van der Waals surface area (Å²) in [6, 6.07) is 22.5. The van der Waals surface area contributed by atoms with Gasteiger partial charge in [-0.2, -0.15) is 0 Å². The maximum atomic E-state index is 12.4. The lowest BCUT2D eigenvalue weighted by Gasteiger charge is -2.05. The molecule has 0 aliphatic carbocycles. The van der Waals surface area contributed by atoms with Gasteiger partial charge in [0.1, 0.15) is 0 Å². The number of carbonyl (C=O) groups excluding carboxylic acids is 1. The average Bonchev–Trinajstić information content (AvgIpc) is 3.15. The minimum absolute atomic E-state index is 0.128. The van der Waals surface area contributed by atoms with Crippen molar-refractivity contribution >= 4 is 34.5 Å². The van der Waals surface area contributed by atoms with E-state index in [9.17, 15) is 4.79 Å². The van der Waals surface area contributed by atoms with Crippen molar-refractivity contribution in [2.24, 2.45) is 0 Å². The van der Waals surface area contributed by atoms with E-state index in [1.807, 2.05) is 48.2 Å². The minimum atomic E-state index is -0.185. The van der Waals surface area contributed by atoms with Gasteiger partial charge in [0.25, 0.3) is 0 Å². The van der Waals surface area contributed by atoms with Crippen LogP contribution < -0.4 is 5.32 Å². The third kappa shape index (κ3) is 5.27. The van der Waals surface area contributed by atoms with Crippen LogP contribution >= 0.6 is 11.8 Å².